The minimum atomic E-state index is -0.220. The summed E-state index contributed by atoms with van der Waals surface area (Å²) in [5.41, 5.74) is 3.17. The number of halogens is 4. The number of rotatable bonds is 2. The third-order valence-electron chi connectivity index (χ3n) is 2.40. The van der Waals surface area contributed by atoms with Crippen molar-refractivity contribution < 1.29 is 4.39 Å². The van der Waals surface area contributed by atoms with Crippen LogP contribution in [0.4, 0.5) is 4.39 Å². The molecule has 17 heavy (non-hydrogen) atoms. The fraction of sp³-hybridized carbons (Fsp3) is 0.0769. The Bertz CT molecular complexity index is 521. The van der Waals surface area contributed by atoms with Crippen molar-refractivity contribution in [1.29, 1.82) is 0 Å². The Balaban J connectivity index is 2.43. The molecule has 0 aliphatic heterocycles. The van der Waals surface area contributed by atoms with Gasteiger partial charge in [-0.25, -0.2) is 4.39 Å². The van der Waals surface area contributed by atoms with E-state index in [1.165, 1.54) is 12.1 Å². The zero-order valence-corrected chi connectivity index (χ0v) is 13.4. The van der Waals surface area contributed by atoms with E-state index in [1.807, 2.05) is 18.2 Å². The van der Waals surface area contributed by atoms with Crippen molar-refractivity contribution in [3.63, 3.8) is 0 Å². The Morgan fingerprint density at radius 2 is 1.59 bits per heavy atom. The molecule has 0 atom stereocenters. The largest absolute Gasteiger partial charge is 0.207 e. The van der Waals surface area contributed by atoms with E-state index in [-0.39, 0.29) is 9.55 Å². The van der Waals surface area contributed by atoms with E-state index in [9.17, 15) is 4.39 Å². The second-order valence-electron chi connectivity index (χ2n) is 3.55. The van der Waals surface area contributed by atoms with E-state index in [4.69, 9.17) is 0 Å². The molecule has 0 aliphatic rings. The maximum atomic E-state index is 12.8. The first-order chi connectivity index (χ1) is 8.08. The number of benzene rings is 2. The van der Waals surface area contributed by atoms with Gasteiger partial charge in [-0.1, -0.05) is 72.1 Å². The maximum Gasteiger partial charge on any atom is 0.123 e. The lowest BCUT2D eigenvalue weighted by Gasteiger charge is -2.08. The second kappa shape index (κ2) is 5.63. The molecule has 2 aromatic rings. The van der Waals surface area contributed by atoms with Crippen LogP contribution in [0, 0.1) is 5.82 Å². The lowest BCUT2D eigenvalue weighted by Crippen LogP contribution is -1.85. The van der Waals surface area contributed by atoms with Crippen LogP contribution in [0.3, 0.4) is 0 Å². The third kappa shape index (κ3) is 3.18. The molecule has 0 saturated carbocycles. The van der Waals surface area contributed by atoms with Gasteiger partial charge in [0, 0.05) is 4.47 Å². The summed E-state index contributed by atoms with van der Waals surface area (Å²) < 4.78 is 14.0. The highest BCUT2D eigenvalue weighted by atomic mass is 79.9. The summed E-state index contributed by atoms with van der Waals surface area (Å²) in [6.07, 6.45) is 0. The Kier molecular flexibility index (Phi) is 4.39. The van der Waals surface area contributed by atoms with E-state index in [0.717, 1.165) is 21.2 Å². The van der Waals surface area contributed by atoms with Crippen LogP contribution in [0.5, 0.6) is 0 Å². The van der Waals surface area contributed by atoms with Crippen molar-refractivity contribution in [3.05, 3.63) is 58.3 Å². The van der Waals surface area contributed by atoms with Gasteiger partial charge in [0.15, 0.2) is 0 Å². The predicted molar refractivity (Wildman–Crippen MR) is 80.1 cm³/mol. The first-order valence-corrected chi connectivity index (χ1v) is 7.54. The molecule has 0 aromatic heterocycles. The van der Waals surface area contributed by atoms with Crippen molar-refractivity contribution in [1.82, 2.24) is 0 Å². The summed E-state index contributed by atoms with van der Waals surface area (Å²) in [4.78, 5) is 0. The molecule has 0 nitrogen and oxygen atoms in total. The van der Waals surface area contributed by atoms with Crippen LogP contribution in [-0.4, -0.2) is 0 Å². The highest BCUT2D eigenvalue weighted by Crippen LogP contribution is 2.35. The molecule has 0 radical (unpaired) electrons. The normalized spacial score (nSPS) is 10.9. The Labute approximate surface area is 125 Å². The van der Waals surface area contributed by atoms with Gasteiger partial charge in [-0.05, 0) is 34.9 Å². The average Bonchev–Trinajstić information content (AvgIpc) is 2.30. The summed E-state index contributed by atoms with van der Waals surface area (Å²) in [6, 6.07) is 12.6. The minimum absolute atomic E-state index is 0.133. The summed E-state index contributed by atoms with van der Waals surface area (Å²) in [6.45, 7) is 0. The van der Waals surface area contributed by atoms with E-state index in [0.29, 0.717) is 0 Å². The molecule has 0 fully saturated rings. The Morgan fingerprint density at radius 3 is 2.12 bits per heavy atom. The van der Waals surface area contributed by atoms with Crippen molar-refractivity contribution in [2.45, 2.75) is 3.74 Å². The molecule has 0 aliphatic carbocycles. The quantitative estimate of drug-likeness (QED) is 0.517. The van der Waals surface area contributed by atoms with Crippen LogP contribution in [-0.2, 0) is 0 Å². The van der Waals surface area contributed by atoms with Gasteiger partial charge >= 0.3 is 0 Å². The third-order valence-corrected chi connectivity index (χ3v) is 4.11. The summed E-state index contributed by atoms with van der Waals surface area (Å²) >= 11 is 10.4. The molecule has 88 valence electrons. The summed E-state index contributed by atoms with van der Waals surface area (Å²) in [5, 5.41) is 0. The zero-order chi connectivity index (χ0) is 12.4. The first kappa shape index (κ1) is 13.2. The molecular weight excluding hydrogens is 415 g/mol. The molecule has 0 bridgehead atoms. The van der Waals surface area contributed by atoms with Crippen LogP contribution < -0.4 is 0 Å². The fourth-order valence-electron chi connectivity index (χ4n) is 1.53. The number of hydrogen-bond donors (Lipinski definition) is 0. The van der Waals surface area contributed by atoms with Crippen molar-refractivity contribution >= 4 is 47.8 Å². The summed E-state index contributed by atoms with van der Waals surface area (Å²) in [5.74, 6) is -0.220. The highest BCUT2D eigenvalue weighted by molar-refractivity contribution is 9.24. The van der Waals surface area contributed by atoms with Crippen LogP contribution >= 0.6 is 47.8 Å². The van der Waals surface area contributed by atoms with Crippen LogP contribution in [0.25, 0.3) is 11.1 Å². The van der Waals surface area contributed by atoms with Gasteiger partial charge < -0.3 is 0 Å². The zero-order valence-electron chi connectivity index (χ0n) is 8.63. The Morgan fingerprint density at radius 1 is 0.941 bits per heavy atom. The lowest BCUT2D eigenvalue weighted by atomic mass is 10.0. The van der Waals surface area contributed by atoms with Gasteiger partial charge in [0.25, 0.3) is 0 Å². The van der Waals surface area contributed by atoms with E-state index in [2.05, 4.69) is 47.8 Å². The highest BCUT2D eigenvalue weighted by Gasteiger charge is 2.07. The molecule has 2 aromatic carbocycles. The monoisotopic (exact) mass is 420 g/mol. The van der Waals surface area contributed by atoms with E-state index < -0.39 is 0 Å². The number of hydrogen-bond acceptors (Lipinski definition) is 0. The maximum absolute atomic E-state index is 12.8. The van der Waals surface area contributed by atoms with Crippen LogP contribution in [0.2, 0.25) is 0 Å². The molecule has 2 rings (SSSR count). The fourth-order valence-corrected chi connectivity index (χ4v) is 2.73. The van der Waals surface area contributed by atoms with Gasteiger partial charge in [0.2, 0.25) is 0 Å². The topological polar surface area (TPSA) is 0 Å². The van der Waals surface area contributed by atoms with Gasteiger partial charge in [0.05, 0.1) is 3.74 Å². The van der Waals surface area contributed by atoms with Crippen LogP contribution in [0.1, 0.15) is 9.30 Å². The first-order valence-electron chi connectivity index (χ1n) is 4.91. The standard InChI is InChI=1S/C13H8Br3F/c14-12-7-9(13(15)16)3-6-11(12)8-1-4-10(17)5-2-8/h1-7,13H. The molecule has 0 unspecified atom stereocenters. The smallest absolute Gasteiger partial charge is 0.123 e. The number of alkyl halides is 2. The van der Waals surface area contributed by atoms with Crippen molar-refractivity contribution in [2.75, 3.05) is 0 Å². The molecule has 0 amide bonds. The van der Waals surface area contributed by atoms with Crippen molar-refractivity contribution in [3.8, 4) is 11.1 Å². The lowest BCUT2D eigenvalue weighted by molar-refractivity contribution is 0.628. The van der Waals surface area contributed by atoms with Gasteiger partial charge in [-0.2, -0.15) is 0 Å². The van der Waals surface area contributed by atoms with E-state index >= 15 is 0 Å². The van der Waals surface area contributed by atoms with Gasteiger partial charge in [-0.15, -0.1) is 0 Å². The second-order valence-corrected chi connectivity index (χ2v) is 7.46. The molecular formula is C13H8Br3F. The van der Waals surface area contributed by atoms with Gasteiger partial charge in [-0.3, -0.25) is 0 Å². The van der Waals surface area contributed by atoms with Gasteiger partial charge in [0.1, 0.15) is 5.82 Å². The minimum Gasteiger partial charge on any atom is -0.207 e. The van der Waals surface area contributed by atoms with Crippen molar-refractivity contribution in [2.24, 2.45) is 0 Å². The molecule has 0 N–H and O–H groups in total. The average molecular weight is 423 g/mol. The molecule has 4 heteroatoms. The molecule has 0 heterocycles. The summed E-state index contributed by atoms with van der Waals surface area (Å²) in [7, 11) is 0. The Hall–Kier alpha value is -0.190. The molecule has 0 saturated heterocycles. The van der Waals surface area contributed by atoms with E-state index in [1.54, 1.807) is 12.1 Å². The van der Waals surface area contributed by atoms with Crippen LogP contribution in [0.15, 0.2) is 46.9 Å². The predicted octanol–water partition coefficient (Wildman–Crippen LogP) is 6.04. The SMILES string of the molecule is Fc1ccc(-c2ccc(C(Br)Br)cc2Br)cc1. The molecule has 0 spiro atoms.